The van der Waals surface area contributed by atoms with Crippen molar-refractivity contribution < 1.29 is 14.7 Å². The van der Waals surface area contributed by atoms with Crippen molar-refractivity contribution in [3.8, 4) is 0 Å². The van der Waals surface area contributed by atoms with Gasteiger partial charge in [-0.25, -0.2) is 0 Å². The topological polar surface area (TPSA) is 69.6 Å². The van der Waals surface area contributed by atoms with Gasteiger partial charge in [0.1, 0.15) is 0 Å². The third-order valence-electron chi connectivity index (χ3n) is 4.92. The number of carbonyl (C=O) groups excluding carboxylic acids is 2. The summed E-state index contributed by atoms with van der Waals surface area (Å²) in [6.45, 7) is 2.36. The summed E-state index contributed by atoms with van der Waals surface area (Å²) < 4.78 is 0. The van der Waals surface area contributed by atoms with Crippen LogP contribution in [0.1, 0.15) is 37.7 Å². The highest BCUT2D eigenvalue weighted by Crippen LogP contribution is 2.38. The molecule has 5 heteroatoms. The molecule has 3 rings (SSSR count). The summed E-state index contributed by atoms with van der Waals surface area (Å²) in [5.74, 6) is 0.434. The Morgan fingerprint density at radius 2 is 2.08 bits per heavy atom. The van der Waals surface area contributed by atoms with Crippen LogP contribution in [-0.2, 0) is 9.59 Å². The Morgan fingerprint density at radius 3 is 2.79 bits per heavy atom. The normalized spacial score (nSPS) is 24.9. The lowest BCUT2D eigenvalue weighted by Gasteiger charge is -2.16. The zero-order chi connectivity index (χ0) is 17.1. The molecular weight excluding hydrogens is 304 g/mol. The van der Waals surface area contributed by atoms with Crippen LogP contribution in [0.4, 0.5) is 5.69 Å². The molecule has 24 heavy (non-hydrogen) atoms. The van der Waals surface area contributed by atoms with Gasteiger partial charge in [-0.15, -0.1) is 0 Å². The number of para-hydroxylation sites is 1. The summed E-state index contributed by atoms with van der Waals surface area (Å²) >= 11 is 0. The molecule has 0 saturated heterocycles. The molecule has 5 nitrogen and oxygen atoms in total. The molecular formula is C19H24N2O3. The highest BCUT2D eigenvalue weighted by Gasteiger charge is 2.30. The minimum Gasteiger partial charge on any atom is -0.396 e. The second kappa shape index (κ2) is 7.18. The van der Waals surface area contributed by atoms with Crippen molar-refractivity contribution in [1.82, 2.24) is 5.32 Å². The molecule has 0 saturated carbocycles. The maximum absolute atomic E-state index is 12.2. The largest absolute Gasteiger partial charge is 0.396 e. The van der Waals surface area contributed by atoms with Crippen LogP contribution in [0.5, 0.6) is 0 Å². The van der Waals surface area contributed by atoms with E-state index >= 15 is 0 Å². The molecule has 0 fully saturated rings. The number of fused-ring (bicyclic) bond motifs is 1. The van der Waals surface area contributed by atoms with Crippen molar-refractivity contribution in [1.29, 1.82) is 0 Å². The standard InChI is InChI=1S/C19H24N2O3/c1-13(23)21-11-15(17-4-2-3-5-18(17)21)7-9-19(24)20-16-8-6-14(10-16)12-22/h2-6,8,14-16,22H,7,9-12H2,1H3,(H,20,24)/t14-,15?,16+/m0/s1. The molecule has 1 heterocycles. The Balaban J connectivity index is 1.55. The second-order valence-corrected chi connectivity index (χ2v) is 6.66. The van der Waals surface area contributed by atoms with Crippen LogP contribution in [0.15, 0.2) is 36.4 Å². The first kappa shape index (κ1) is 16.7. The molecule has 0 aromatic heterocycles. The third-order valence-corrected chi connectivity index (χ3v) is 4.92. The lowest BCUT2D eigenvalue weighted by molar-refractivity contribution is -0.121. The van der Waals surface area contributed by atoms with Gasteiger partial charge in [0.15, 0.2) is 0 Å². The van der Waals surface area contributed by atoms with E-state index in [1.54, 1.807) is 11.8 Å². The first-order valence-electron chi connectivity index (χ1n) is 8.54. The lowest BCUT2D eigenvalue weighted by Crippen LogP contribution is -2.33. The SMILES string of the molecule is CC(=O)N1CC(CCC(=O)N[C@@H]2C=C[C@H](CO)C2)c2ccccc21. The maximum Gasteiger partial charge on any atom is 0.223 e. The van der Waals surface area contributed by atoms with E-state index in [4.69, 9.17) is 5.11 Å². The van der Waals surface area contributed by atoms with Gasteiger partial charge in [-0.05, 0) is 24.5 Å². The van der Waals surface area contributed by atoms with E-state index in [1.807, 2.05) is 36.4 Å². The van der Waals surface area contributed by atoms with Crippen LogP contribution < -0.4 is 10.2 Å². The summed E-state index contributed by atoms with van der Waals surface area (Å²) in [6, 6.07) is 7.96. The Hall–Kier alpha value is -2.14. The van der Waals surface area contributed by atoms with Gasteiger partial charge in [-0.2, -0.15) is 0 Å². The molecule has 1 aliphatic carbocycles. The third kappa shape index (κ3) is 3.51. The van der Waals surface area contributed by atoms with E-state index in [0.717, 1.165) is 24.1 Å². The van der Waals surface area contributed by atoms with Gasteiger partial charge in [-0.1, -0.05) is 30.4 Å². The summed E-state index contributed by atoms with van der Waals surface area (Å²) in [7, 11) is 0. The predicted octanol–water partition coefficient (Wildman–Crippen LogP) is 1.97. The highest BCUT2D eigenvalue weighted by molar-refractivity contribution is 5.94. The molecule has 1 aliphatic heterocycles. The van der Waals surface area contributed by atoms with Gasteiger partial charge in [0.2, 0.25) is 11.8 Å². The van der Waals surface area contributed by atoms with Gasteiger partial charge >= 0.3 is 0 Å². The van der Waals surface area contributed by atoms with E-state index in [0.29, 0.717) is 13.0 Å². The van der Waals surface area contributed by atoms with E-state index in [9.17, 15) is 9.59 Å². The molecule has 3 atom stereocenters. The monoisotopic (exact) mass is 328 g/mol. The molecule has 1 aromatic carbocycles. The molecule has 0 radical (unpaired) electrons. The Bertz CT molecular complexity index is 656. The quantitative estimate of drug-likeness (QED) is 0.812. The van der Waals surface area contributed by atoms with Crippen LogP contribution >= 0.6 is 0 Å². The van der Waals surface area contributed by atoms with Gasteiger partial charge in [0.05, 0.1) is 0 Å². The second-order valence-electron chi connectivity index (χ2n) is 6.66. The van der Waals surface area contributed by atoms with Gasteiger partial charge in [0.25, 0.3) is 0 Å². The first-order valence-corrected chi connectivity index (χ1v) is 8.54. The molecule has 1 unspecified atom stereocenters. The molecule has 1 aromatic rings. The fraction of sp³-hybridized carbons (Fsp3) is 0.474. The Morgan fingerprint density at radius 1 is 1.29 bits per heavy atom. The Labute approximate surface area is 142 Å². The molecule has 2 amide bonds. The van der Waals surface area contributed by atoms with E-state index in [2.05, 4.69) is 5.32 Å². The number of nitrogens with zero attached hydrogens (tertiary/aromatic N) is 1. The molecule has 0 bridgehead atoms. The maximum atomic E-state index is 12.2. The van der Waals surface area contributed by atoms with Crippen LogP contribution in [0, 0.1) is 5.92 Å². The van der Waals surface area contributed by atoms with Crippen molar-refractivity contribution in [3.63, 3.8) is 0 Å². The number of anilines is 1. The van der Waals surface area contributed by atoms with Gasteiger partial charge in [-0.3, -0.25) is 9.59 Å². The van der Waals surface area contributed by atoms with Crippen LogP contribution in [0.3, 0.4) is 0 Å². The lowest BCUT2D eigenvalue weighted by atomic mass is 9.96. The average molecular weight is 328 g/mol. The number of carbonyl (C=O) groups is 2. The van der Waals surface area contributed by atoms with Crippen molar-refractivity contribution in [2.24, 2.45) is 5.92 Å². The van der Waals surface area contributed by atoms with E-state index in [-0.39, 0.29) is 36.3 Å². The van der Waals surface area contributed by atoms with E-state index < -0.39 is 0 Å². The van der Waals surface area contributed by atoms with Crippen LogP contribution in [0.25, 0.3) is 0 Å². The number of hydrogen-bond donors (Lipinski definition) is 2. The predicted molar refractivity (Wildman–Crippen MR) is 92.7 cm³/mol. The highest BCUT2D eigenvalue weighted by atomic mass is 16.3. The summed E-state index contributed by atoms with van der Waals surface area (Å²) in [5.41, 5.74) is 2.13. The number of benzene rings is 1. The summed E-state index contributed by atoms with van der Waals surface area (Å²) in [6.07, 6.45) is 5.86. The smallest absolute Gasteiger partial charge is 0.223 e. The fourth-order valence-electron chi connectivity index (χ4n) is 3.64. The minimum absolute atomic E-state index is 0.0271. The van der Waals surface area contributed by atoms with Crippen molar-refractivity contribution in [2.45, 2.75) is 38.1 Å². The average Bonchev–Trinajstić information content (AvgIpc) is 3.17. The fourth-order valence-corrected chi connectivity index (χ4v) is 3.64. The number of nitrogens with one attached hydrogen (secondary N) is 1. The molecule has 2 aliphatic rings. The van der Waals surface area contributed by atoms with Crippen LogP contribution in [-0.4, -0.2) is 36.1 Å². The number of amides is 2. The van der Waals surface area contributed by atoms with Gasteiger partial charge in [0, 0.05) is 50.1 Å². The number of aliphatic hydroxyl groups is 1. The first-order chi connectivity index (χ1) is 11.6. The van der Waals surface area contributed by atoms with Crippen molar-refractivity contribution >= 4 is 17.5 Å². The number of hydrogen-bond acceptors (Lipinski definition) is 3. The Kier molecular flexibility index (Phi) is 5.00. The van der Waals surface area contributed by atoms with Crippen molar-refractivity contribution in [2.75, 3.05) is 18.1 Å². The van der Waals surface area contributed by atoms with Gasteiger partial charge < -0.3 is 15.3 Å². The summed E-state index contributed by atoms with van der Waals surface area (Å²) in [5, 5.41) is 12.1. The number of rotatable bonds is 5. The number of aliphatic hydroxyl groups excluding tert-OH is 1. The molecule has 0 spiro atoms. The minimum atomic E-state index is 0.0271. The van der Waals surface area contributed by atoms with E-state index in [1.165, 1.54) is 0 Å². The zero-order valence-electron chi connectivity index (χ0n) is 13.9. The van der Waals surface area contributed by atoms with Crippen molar-refractivity contribution in [3.05, 3.63) is 42.0 Å². The summed E-state index contributed by atoms with van der Waals surface area (Å²) in [4.78, 5) is 25.8. The molecule has 128 valence electrons. The molecule has 2 N–H and O–H groups in total. The zero-order valence-corrected chi connectivity index (χ0v) is 13.9. The van der Waals surface area contributed by atoms with Crippen LogP contribution in [0.2, 0.25) is 0 Å².